The highest BCUT2D eigenvalue weighted by Gasteiger charge is 2.03. The zero-order chi connectivity index (χ0) is 8.27. The van der Waals surface area contributed by atoms with Crippen molar-refractivity contribution in [1.29, 1.82) is 0 Å². The van der Waals surface area contributed by atoms with E-state index in [9.17, 15) is 4.39 Å². The van der Waals surface area contributed by atoms with Gasteiger partial charge in [0.25, 0.3) is 0 Å². The molecule has 1 rings (SSSR count). The van der Waals surface area contributed by atoms with Crippen LogP contribution in [0, 0.1) is 0 Å². The molecule has 1 aromatic heterocycles. The lowest BCUT2D eigenvalue weighted by atomic mass is 10.2. The van der Waals surface area contributed by atoms with Crippen LogP contribution in [0.2, 0.25) is 0 Å². The van der Waals surface area contributed by atoms with E-state index in [1.165, 1.54) is 6.08 Å². The highest BCUT2D eigenvalue weighted by Crippen LogP contribution is 2.18. The van der Waals surface area contributed by atoms with Gasteiger partial charge in [0.2, 0.25) is 0 Å². The molecule has 0 fully saturated rings. The van der Waals surface area contributed by atoms with Crippen LogP contribution < -0.4 is 0 Å². The van der Waals surface area contributed by atoms with E-state index in [1.807, 2.05) is 0 Å². The number of rotatable bonds is 3. The van der Waals surface area contributed by atoms with Crippen molar-refractivity contribution in [2.24, 2.45) is 0 Å². The molecule has 0 atom stereocenters. The SMILES string of the molecule is C=Cc1cc(CF)oc1C=C. The van der Waals surface area contributed by atoms with E-state index in [1.54, 1.807) is 12.1 Å². The summed E-state index contributed by atoms with van der Waals surface area (Å²) in [5, 5.41) is 0. The summed E-state index contributed by atoms with van der Waals surface area (Å²) in [6.45, 7) is 6.49. The smallest absolute Gasteiger partial charge is 0.147 e. The molecule has 0 saturated heterocycles. The minimum Gasteiger partial charge on any atom is -0.458 e. The summed E-state index contributed by atoms with van der Waals surface area (Å²) in [6, 6.07) is 1.62. The Hall–Kier alpha value is -1.31. The predicted molar refractivity (Wildman–Crippen MR) is 43.7 cm³/mol. The van der Waals surface area contributed by atoms with Crippen molar-refractivity contribution in [3.05, 3.63) is 36.3 Å². The highest BCUT2D eigenvalue weighted by molar-refractivity contribution is 5.59. The van der Waals surface area contributed by atoms with E-state index in [0.717, 1.165) is 5.56 Å². The average molecular weight is 152 g/mol. The minimum absolute atomic E-state index is 0.315. The first-order valence-corrected chi connectivity index (χ1v) is 3.25. The average Bonchev–Trinajstić information content (AvgIpc) is 2.46. The fraction of sp³-hybridized carbons (Fsp3) is 0.111. The van der Waals surface area contributed by atoms with Gasteiger partial charge in [0.1, 0.15) is 18.2 Å². The molecule has 11 heavy (non-hydrogen) atoms. The standard InChI is InChI=1S/C9H9FO/c1-3-7-5-8(6-10)11-9(7)4-2/h3-5H,1-2,6H2. The zero-order valence-corrected chi connectivity index (χ0v) is 6.14. The molecular formula is C9H9FO. The van der Waals surface area contributed by atoms with Gasteiger partial charge in [-0.2, -0.15) is 0 Å². The molecule has 0 amide bonds. The summed E-state index contributed by atoms with van der Waals surface area (Å²) in [7, 11) is 0. The molecule has 1 aromatic rings. The molecule has 0 spiro atoms. The molecule has 2 heteroatoms. The van der Waals surface area contributed by atoms with Gasteiger partial charge >= 0.3 is 0 Å². The second-order valence-corrected chi connectivity index (χ2v) is 2.07. The molecule has 0 aliphatic heterocycles. The second kappa shape index (κ2) is 3.19. The van der Waals surface area contributed by atoms with Crippen molar-refractivity contribution in [2.75, 3.05) is 0 Å². The normalized spacial score (nSPS) is 9.55. The summed E-state index contributed by atoms with van der Waals surface area (Å²) in [5.41, 5.74) is 0.785. The molecule has 58 valence electrons. The number of alkyl halides is 1. The van der Waals surface area contributed by atoms with Crippen molar-refractivity contribution in [1.82, 2.24) is 0 Å². The van der Waals surface area contributed by atoms with E-state index >= 15 is 0 Å². The summed E-state index contributed by atoms with van der Waals surface area (Å²) >= 11 is 0. The lowest BCUT2D eigenvalue weighted by molar-refractivity contribution is 0.390. The van der Waals surface area contributed by atoms with Crippen LogP contribution >= 0.6 is 0 Å². The van der Waals surface area contributed by atoms with Gasteiger partial charge in [-0.15, -0.1) is 0 Å². The Morgan fingerprint density at radius 2 is 2.18 bits per heavy atom. The first kappa shape index (κ1) is 7.79. The largest absolute Gasteiger partial charge is 0.458 e. The van der Waals surface area contributed by atoms with Gasteiger partial charge in [0, 0.05) is 5.56 Å². The molecule has 0 aromatic carbocycles. The highest BCUT2D eigenvalue weighted by atomic mass is 19.1. The van der Waals surface area contributed by atoms with Crippen molar-refractivity contribution >= 4 is 12.2 Å². The summed E-state index contributed by atoms with van der Waals surface area (Å²) in [6.07, 6.45) is 3.15. The van der Waals surface area contributed by atoms with Crippen molar-refractivity contribution in [2.45, 2.75) is 6.67 Å². The number of hydrogen-bond donors (Lipinski definition) is 0. The topological polar surface area (TPSA) is 13.1 Å². The Morgan fingerprint density at radius 1 is 1.45 bits per heavy atom. The van der Waals surface area contributed by atoms with E-state index in [-0.39, 0.29) is 0 Å². The summed E-state index contributed by atoms with van der Waals surface area (Å²) < 4.78 is 17.1. The fourth-order valence-electron chi connectivity index (χ4n) is 0.859. The van der Waals surface area contributed by atoms with Gasteiger partial charge in [-0.05, 0) is 12.1 Å². The quantitative estimate of drug-likeness (QED) is 0.648. The lowest BCUT2D eigenvalue weighted by Crippen LogP contribution is -1.66. The van der Waals surface area contributed by atoms with Gasteiger partial charge in [-0.25, -0.2) is 4.39 Å². The Morgan fingerprint density at radius 3 is 2.55 bits per heavy atom. The molecular weight excluding hydrogens is 143 g/mol. The van der Waals surface area contributed by atoms with Crippen molar-refractivity contribution < 1.29 is 8.81 Å². The Balaban J connectivity index is 3.11. The Bertz CT molecular complexity index is 248. The van der Waals surface area contributed by atoms with Gasteiger partial charge in [-0.3, -0.25) is 0 Å². The maximum atomic E-state index is 12.0. The summed E-state index contributed by atoms with van der Waals surface area (Å²) in [5.74, 6) is 0.891. The molecule has 1 nitrogen and oxygen atoms in total. The van der Waals surface area contributed by atoms with Gasteiger partial charge in [0.05, 0.1) is 0 Å². The minimum atomic E-state index is -0.589. The Kier molecular flexibility index (Phi) is 2.26. The molecule has 0 aliphatic carbocycles. The third kappa shape index (κ3) is 1.40. The molecule has 0 aliphatic rings. The van der Waals surface area contributed by atoms with Crippen molar-refractivity contribution in [3.8, 4) is 0 Å². The molecule has 0 bridgehead atoms. The van der Waals surface area contributed by atoms with E-state index in [0.29, 0.717) is 11.5 Å². The van der Waals surface area contributed by atoms with Gasteiger partial charge < -0.3 is 4.42 Å². The zero-order valence-electron chi connectivity index (χ0n) is 6.14. The van der Waals surface area contributed by atoms with E-state index < -0.39 is 6.67 Å². The van der Waals surface area contributed by atoms with Crippen molar-refractivity contribution in [3.63, 3.8) is 0 Å². The van der Waals surface area contributed by atoms with Gasteiger partial charge in [-0.1, -0.05) is 19.2 Å². The predicted octanol–water partition coefficient (Wildman–Crippen LogP) is 3.04. The van der Waals surface area contributed by atoms with Crippen LogP contribution in [0.25, 0.3) is 12.2 Å². The van der Waals surface area contributed by atoms with E-state index in [2.05, 4.69) is 13.2 Å². The third-order valence-electron chi connectivity index (χ3n) is 1.38. The first-order valence-electron chi connectivity index (χ1n) is 3.25. The number of halogens is 1. The van der Waals surface area contributed by atoms with Crippen LogP contribution in [0.3, 0.4) is 0 Å². The maximum Gasteiger partial charge on any atom is 0.147 e. The summed E-state index contributed by atoms with van der Waals surface area (Å²) in [4.78, 5) is 0. The van der Waals surface area contributed by atoms with Crippen LogP contribution in [0.5, 0.6) is 0 Å². The maximum absolute atomic E-state index is 12.0. The van der Waals surface area contributed by atoms with Crippen LogP contribution in [0.4, 0.5) is 4.39 Å². The van der Waals surface area contributed by atoms with Crippen LogP contribution in [0.1, 0.15) is 17.1 Å². The molecule has 0 saturated carbocycles. The lowest BCUT2D eigenvalue weighted by Gasteiger charge is -1.85. The van der Waals surface area contributed by atoms with Crippen LogP contribution in [0.15, 0.2) is 23.6 Å². The first-order chi connectivity index (χ1) is 5.31. The number of furan rings is 1. The molecule has 0 unspecified atom stereocenters. The van der Waals surface area contributed by atoms with Crippen LogP contribution in [-0.4, -0.2) is 0 Å². The van der Waals surface area contributed by atoms with Gasteiger partial charge in [0.15, 0.2) is 0 Å². The molecule has 1 heterocycles. The van der Waals surface area contributed by atoms with Crippen LogP contribution in [-0.2, 0) is 6.67 Å². The monoisotopic (exact) mass is 152 g/mol. The van der Waals surface area contributed by atoms with E-state index in [4.69, 9.17) is 4.42 Å². The third-order valence-corrected chi connectivity index (χ3v) is 1.38. The molecule has 0 radical (unpaired) electrons. The number of hydrogen-bond acceptors (Lipinski definition) is 1. The fourth-order valence-corrected chi connectivity index (χ4v) is 0.859. The second-order valence-electron chi connectivity index (χ2n) is 2.07. The Labute approximate surface area is 64.8 Å². The molecule has 0 N–H and O–H groups in total.